The van der Waals surface area contributed by atoms with Crippen LogP contribution in [0.15, 0.2) is 41.8 Å². The summed E-state index contributed by atoms with van der Waals surface area (Å²) in [6, 6.07) is 12.8. The van der Waals surface area contributed by atoms with Crippen LogP contribution < -0.4 is 10.6 Å². The van der Waals surface area contributed by atoms with Crippen LogP contribution >= 0.6 is 11.3 Å². The Morgan fingerprint density at radius 3 is 2.29 bits per heavy atom. The van der Waals surface area contributed by atoms with Crippen molar-refractivity contribution in [2.75, 3.05) is 6.54 Å². The Morgan fingerprint density at radius 1 is 1.08 bits per heavy atom. The summed E-state index contributed by atoms with van der Waals surface area (Å²) >= 11 is 1.71. The van der Waals surface area contributed by atoms with E-state index in [-0.39, 0.29) is 18.0 Å². The number of thiophene rings is 1. The second kappa shape index (κ2) is 9.00. The van der Waals surface area contributed by atoms with E-state index in [0.29, 0.717) is 12.5 Å². The highest BCUT2D eigenvalue weighted by molar-refractivity contribution is 7.10. The van der Waals surface area contributed by atoms with E-state index in [9.17, 15) is 4.79 Å². The lowest BCUT2D eigenvalue weighted by Gasteiger charge is -2.23. The fourth-order valence-electron chi connectivity index (χ4n) is 2.70. The van der Waals surface area contributed by atoms with Gasteiger partial charge in [-0.1, -0.05) is 44.2 Å². The molecule has 0 radical (unpaired) electrons. The molecule has 0 unspecified atom stereocenters. The number of likely N-dealkylation sites (N-methyl/N-ethyl adjacent to an activating group) is 1. The van der Waals surface area contributed by atoms with Crippen molar-refractivity contribution in [3.8, 4) is 0 Å². The summed E-state index contributed by atoms with van der Waals surface area (Å²) in [6.45, 7) is 8.97. The smallest absolute Gasteiger partial charge is 0.236 e. The molecule has 1 aromatic carbocycles. The van der Waals surface area contributed by atoms with Crippen molar-refractivity contribution in [1.29, 1.82) is 0 Å². The molecule has 0 saturated heterocycles. The molecule has 0 fully saturated rings. The molecule has 3 nitrogen and oxygen atoms in total. The topological polar surface area (TPSA) is 41.1 Å². The maximum atomic E-state index is 12.1. The summed E-state index contributed by atoms with van der Waals surface area (Å²) in [5, 5.41) is 8.44. The van der Waals surface area contributed by atoms with E-state index in [0.717, 1.165) is 6.42 Å². The molecule has 0 bridgehead atoms. The fraction of sp³-hybridized carbons (Fsp3) is 0.450. The summed E-state index contributed by atoms with van der Waals surface area (Å²) in [5.74, 6) is 0.608. The number of benzene rings is 1. The molecule has 0 aliphatic rings. The average molecular weight is 345 g/mol. The monoisotopic (exact) mass is 344 g/mol. The number of nitrogens with one attached hydrogen (secondary N) is 2. The largest absolute Gasteiger partial charge is 0.355 e. The van der Waals surface area contributed by atoms with Gasteiger partial charge in [-0.3, -0.25) is 10.1 Å². The van der Waals surface area contributed by atoms with Gasteiger partial charge in [0, 0.05) is 11.4 Å². The maximum absolute atomic E-state index is 12.1. The van der Waals surface area contributed by atoms with Crippen LogP contribution in [0.5, 0.6) is 0 Å². The molecule has 2 N–H and O–H groups in total. The average Bonchev–Trinajstić information content (AvgIpc) is 3.13. The van der Waals surface area contributed by atoms with Crippen LogP contribution in [0.4, 0.5) is 0 Å². The van der Waals surface area contributed by atoms with Crippen molar-refractivity contribution in [3.63, 3.8) is 0 Å². The molecule has 0 aliphatic heterocycles. The number of hydrogen-bond donors (Lipinski definition) is 2. The molecule has 4 heteroatoms. The molecule has 3 atom stereocenters. The van der Waals surface area contributed by atoms with Gasteiger partial charge in [0.05, 0.1) is 12.1 Å². The SMILES string of the molecule is CCNC(=O)[C@H](C)N[C@@H](c1ccc([C@H](C)CC)cc1)c1cccs1. The lowest BCUT2D eigenvalue weighted by molar-refractivity contribution is -0.122. The van der Waals surface area contributed by atoms with Gasteiger partial charge in [-0.25, -0.2) is 0 Å². The first-order chi connectivity index (χ1) is 11.6. The Balaban J connectivity index is 2.22. The highest BCUT2D eigenvalue weighted by Gasteiger charge is 2.21. The number of amides is 1. The van der Waals surface area contributed by atoms with E-state index in [4.69, 9.17) is 0 Å². The first-order valence-electron chi connectivity index (χ1n) is 8.73. The van der Waals surface area contributed by atoms with E-state index < -0.39 is 0 Å². The predicted molar refractivity (Wildman–Crippen MR) is 103 cm³/mol. The second-order valence-electron chi connectivity index (χ2n) is 6.21. The van der Waals surface area contributed by atoms with E-state index in [1.807, 2.05) is 13.8 Å². The third-order valence-corrected chi connectivity index (χ3v) is 5.38. The van der Waals surface area contributed by atoms with Crippen LogP contribution in [0, 0.1) is 0 Å². The van der Waals surface area contributed by atoms with Crippen molar-refractivity contribution >= 4 is 17.2 Å². The minimum atomic E-state index is -0.244. The zero-order valence-electron chi connectivity index (χ0n) is 15.0. The summed E-state index contributed by atoms with van der Waals surface area (Å²) in [6.07, 6.45) is 1.14. The lowest BCUT2D eigenvalue weighted by atomic mass is 9.95. The van der Waals surface area contributed by atoms with Crippen molar-refractivity contribution in [3.05, 3.63) is 57.8 Å². The molecule has 2 aromatic rings. The van der Waals surface area contributed by atoms with Gasteiger partial charge in [0.15, 0.2) is 0 Å². The van der Waals surface area contributed by atoms with Crippen molar-refractivity contribution in [2.45, 2.75) is 52.1 Å². The Labute approximate surface area is 149 Å². The zero-order valence-corrected chi connectivity index (χ0v) is 15.8. The van der Waals surface area contributed by atoms with Crippen LogP contribution in [0.1, 0.15) is 62.1 Å². The first-order valence-corrected chi connectivity index (χ1v) is 9.61. The predicted octanol–water partition coefficient (Wildman–Crippen LogP) is 4.47. The third-order valence-electron chi connectivity index (χ3n) is 4.44. The molecule has 0 spiro atoms. The minimum Gasteiger partial charge on any atom is -0.355 e. The molecule has 1 aromatic heterocycles. The zero-order chi connectivity index (χ0) is 17.5. The lowest BCUT2D eigenvalue weighted by Crippen LogP contribution is -2.43. The highest BCUT2D eigenvalue weighted by Crippen LogP contribution is 2.28. The molecule has 24 heavy (non-hydrogen) atoms. The molecule has 0 saturated carbocycles. The van der Waals surface area contributed by atoms with E-state index >= 15 is 0 Å². The molecule has 0 aliphatic carbocycles. The Kier molecular flexibility index (Phi) is 7.00. The number of rotatable bonds is 8. The van der Waals surface area contributed by atoms with E-state index in [1.165, 1.54) is 16.0 Å². The van der Waals surface area contributed by atoms with Crippen LogP contribution in [0.3, 0.4) is 0 Å². The Hall–Kier alpha value is -1.65. The van der Waals surface area contributed by atoms with Gasteiger partial charge < -0.3 is 5.32 Å². The van der Waals surface area contributed by atoms with E-state index in [2.05, 4.69) is 66.3 Å². The van der Waals surface area contributed by atoms with Gasteiger partial charge in [0.2, 0.25) is 5.91 Å². The fourth-order valence-corrected chi connectivity index (χ4v) is 3.52. The van der Waals surface area contributed by atoms with Crippen LogP contribution in [0.25, 0.3) is 0 Å². The summed E-state index contributed by atoms with van der Waals surface area (Å²) < 4.78 is 0. The quantitative estimate of drug-likeness (QED) is 0.742. The van der Waals surface area contributed by atoms with Crippen molar-refractivity contribution < 1.29 is 4.79 Å². The van der Waals surface area contributed by atoms with E-state index in [1.54, 1.807) is 11.3 Å². The van der Waals surface area contributed by atoms with Gasteiger partial charge in [-0.15, -0.1) is 11.3 Å². The third kappa shape index (κ3) is 4.68. The van der Waals surface area contributed by atoms with Gasteiger partial charge in [0.25, 0.3) is 0 Å². The standard InChI is InChI=1S/C20H28N2OS/c1-5-14(3)16-9-11-17(12-10-16)19(18-8-7-13-24-18)22-15(4)20(23)21-6-2/h7-15,19,22H,5-6H2,1-4H3,(H,21,23)/t14-,15+,19+/m1/s1. The molecular formula is C20H28N2OS. The second-order valence-corrected chi connectivity index (χ2v) is 7.19. The summed E-state index contributed by atoms with van der Waals surface area (Å²) in [7, 11) is 0. The minimum absolute atomic E-state index is 0.0357. The van der Waals surface area contributed by atoms with Crippen LogP contribution in [-0.2, 0) is 4.79 Å². The van der Waals surface area contributed by atoms with Crippen LogP contribution in [0.2, 0.25) is 0 Å². The molecule has 1 amide bonds. The normalized spacial score (nSPS) is 14.8. The molecule has 130 valence electrons. The summed E-state index contributed by atoms with van der Waals surface area (Å²) in [4.78, 5) is 13.3. The summed E-state index contributed by atoms with van der Waals surface area (Å²) in [5.41, 5.74) is 2.56. The Bertz CT molecular complexity index is 622. The number of hydrogen-bond acceptors (Lipinski definition) is 3. The maximum Gasteiger partial charge on any atom is 0.236 e. The molecular weight excluding hydrogens is 316 g/mol. The highest BCUT2D eigenvalue weighted by atomic mass is 32.1. The van der Waals surface area contributed by atoms with Gasteiger partial charge in [-0.05, 0) is 48.8 Å². The molecule has 1 heterocycles. The van der Waals surface area contributed by atoms with Gasteiger partial charge in [-0.2, -0.15) is 0 Å². The number of carbonyl (C=O) groups excluding carboxylic acids is 1. The molecule has 2 rings (SSSR count). The Morgan fingerprint density at radius 2 is 1.75 bits per heavy atom. The van der Waals surface area contributed by atoms with Crippen molar-refractivity contribution in [1.82, 2.24) is 10.6 Å². The van der Waals surface area contributed by atoms with Crippen molar-refractivity contribution in [2.24, 2.45) is 0 Å². The number of carbonyl (C=O) groups is 1. The first kappa shape index (κ1) is 18.7. The van der Waals surface area contributed by atoms with Crippen LogP contribution in [-0.4, -0.2) is 18.5 Å². The van der Waals surface area contributed by atoms with Gasteiger partial charge >= 0.3 is 0 Å². The van der Waals surface area contributed by atoms with Gasteiger partial charge in [0.1, 0.15) is 0 Å².